The molecule has 1 amide bonds. The summed E-state index contributed by atoms with van der Waals surface area (Å²) < 4.78 is 3.56. The molecule has 0 unspecified atom stereocenters. The number of aryl methyl sites for hydroxylation is 1. The van der Waals surface area contributed by atoms with E-state index in [1.807, 2.05) is 42.7 Å². The minimum atomic E-state index is -0.867. The number of nitriles is 1. The van der Waals surface area contributed by atoms with Crippen molar-refractivity contribution in [2.75, 3.05) is 11.4 Å². The van der Waals surface area contributed by atoms with Crippen molar-refractivity contribution >= 4 is 17.1 Å². The van der Waals surface area contributed by atoms with Gasteiger partial charge >= 0.3 is 0 Å². The van der Waals surface area contributed by atoms with E-state index >= 15 is 0 Å². The van der Waals surface area contributed by atoms with Gasteiger partial charge in [-0.3, -0.25) is 9.48 Å². The molecule has 0 aromatic carbocycles. The Morgan fingerprint density at radius 1 is 1.29 bits per heavy atom. The maximum Gasteiger partial charge on any atom is 0.248 e. The van der Waals surface area contributed by atoms with Crippen LogP contribution in [-0.2, 0) is 11.8 Å². The maximum atomic E-state index is 13.5. The number of carbonyl (C=O) groups is 1. The van der Waals surface area contributed by atoms with Crippen LogP contribution in [0.2, 0.25) is 0 Å². The molecular weight excluding hydrogens is 352 g/mol. The summed E-state index contributed by atoms with van der Waals surface area (Å²) >= 11 is 0. The second kappa shape index (κ2) is 5.93. The van der Waals surface area contributed by atoms with E-state index in [2.05, 4.69) is 23.2 Å². The largest absolute Gasteiger partial charge is 0.309 e. The topological polar surface area (TPSA) is 79.2 Å². The highest BCUT2D eigenvalue weighted by Crippen LogP contribution is 2.55. The third-order valence-corrected chi connectivity index (χ3v) is 6.36. The van der Waals surface area contributed by atoms with Crippen LogP contribution in [0.4, 0.5) is 5.69 Å². The van der Waals surface area contributed by atoms with Gasteiger partial charge in [-0.25, -0.2) is 4.52 Å². The van der Waals surface area contributed by atoms with Crippen LogP contribution in [-0.4, -0.2) is 31.8 Å². The molecule has 2 atom stereocenters. The number of aromatic nitrogens is 4. The van der Waals surface area contributed by atoms with Gasteiger partial charge in [-0.05, 0) is 37.3 Å². The van der Waals surface area contributed by atoms with Crippen molar-refractivity contribution in [3.63, 3.8) is 0 Å². The van der Waals surface area contributed by atoms with E-state index in [1.54, 1.807) is 15.4 Å². The number of fused-ring (bicyclic) bond motifs is 1. The van der Waals surface area contributed by atoms with Gasteiger partial charge in [0, 0.05) is 49.2 Å². The van der Waals surface area contributed by atoms with Crippen molar-refractivity contribution in [1.82, 2.24) is 19.4 Å². The zero-order valence-electron chi connectivity index (χ0n) is 16.0. The van der Waals surface area contributed by atoms with Gasteiger partial charge < -0.3 is 4.90 Å². The predicted octanol–water partition coefficient (Wildman–Crippen LogP) is 3.03. The number of rotatable bonds is 4. The van der Waals surface area contributed by atoms with Gasteiger partial charge in [0.15, 0.2) is 0 Å². The molecule has 0 spiro atoms. The van der Waals surface area contributed by atoms with E-state index in [0.29, 0.717) is 6.54 Å². The van der Waals surface area contributed by atoms with Crippen LogP contribution in [0.5, 0.6) is 0 Å². The highest BCUT2D eigenvalue weighted by atomic mass is 16.2. The molecule has 7 nitrogen and oxygen atoms in total. The highest BCUT2D eigenvalue weighted by molar-refractivity contribution is 6.05. The van der Waals surface area contributed by atoms with Crippen molar-refractivity contribution in [2.24, 2.45) is 24.3 Å². The Bertz CT molecular complexity index is 1120. The highest BCUT2D eigenvalue weighted by Gasteiger charge is 2.61. The molecule has 3 aromatic heterocycles. The van der Waals surface area contributed by atoms with Crippen molar-refractivity contribution in [3.8, 4) is 17.2 Å². The van der Waals surface area contributed by atoms with Crippen LogP contribution in [0.25, 0.3) is 16.6 Å². The molecule has 1 saturated heterocycles. The number of nitrogens with zero attached hydrogens (tertiary/aromatic N) is 6. The summed E-state index contributed by atoms with van der Waals surface area (Å²) in [6, 6.07) is 6.37. The first-order valence-electron chi connectivity index (χ1n) is 9.78. The first kappa shape index (κ1) is 17.0. The Morgan fingerprint density at radius 2 is 2.11 bits per heavy atom. The second-order valence-corrected chi connectivity index (χ2v) is 7.95. The van der Waals surface area contributed by atoms with Crippen molar-refractivity contribution < 1.29 is 4.79 Å². The van der Waals surface area contributed by atoms with Crippen molar-refractivity contribution in [2.45, 2.75) is 26.2 Å². The Hall–Kier alpha value is -3.14. The van der Waals surface area contributed by atoms with Crippen LogP contribution >= 0.6 is 0 Å². The summed E-state index contributed by atoms with van der Waals surface area (Å²) in [7, 11) is 1.89. The lowest BCUT2D eigenvalue weighted by atomic mass is 9.73. The summed E-state index contributed by atoms with van der Waals surface area (Å²) in [5.74, 6) is 0.232. The van der Waals surface area contributed by atoms with Crippen LogP contribution in [0.1, 0.15) is 26.2 Å². The Kier molecular flexibility index (Phi) is 3.60. The molecule has 7 heteroatoms. The zero-order chi connectivity index (χ0) is 19.5. The number of anilines is 1. The van der Waals surface area contributed by atoms with E-state index < -0.39 is 5.41 Å². The van der Waals surface area contributed by atoms with Gasteiger partial charge in [0.05, 0.1) is 23.5 Å². The Balaban J connectivity index is 1.61. The van der Waals surface area contributed by atoms with E-state index in [-0.39, 0.29) is 17.7 Å². The molecule has 4 heterocycles. The van der Waals surface area contributed by atoms with Crippen molar-refractivity contribution in [3.05, 3.63) is 36.9 Å². The average molecular weight is 374 g/mol. The van der Waals surface area contributed by atoms with Gasteiger partial charge in [-0.1, -0.05) is 6.92 Å². The van der Waals surface area contributed by atoms with Crippen LogP contribution < -0.4 is 4.90 Å². The number of amides is 1. The van der Waals surface area contributed by atoms with Gasteiger partial charge in [-0.15, -0.1) is 0 Å². The summed E-state index contributed by atoms with van der Waals surface area (Å²) in [6.45, 7) is 2.67. The molecule has 142 valence electrons. The lowest BCUT2D eigenvalue weighted by molar-refractivity contribution is -0.125. The van der Waals surface area contributed by atoms with E-state index in [0.717, 1.165) is 41.6 Å². The molecule has 0 bridgehead atoms. The molecule has 1 saturated carbocycles. The Morgan fingerprint density at radius 3 is 2.75 bits per heavy atom. The summed E-state index contributed by atoms with van der Waals surface area (Å²) in [4.78, 5) is 15.3. The summed E-state index contributed by atoms with van der Waals surface area (Å²) in [5, 5.41) is 18.7. The molecule has 1 aliphatic heterocycles. The van der Waals surface area contributed by atoms with E-state index in [9.17, 15) is 10.1 Å². The van der Waals surface area contributed by atoms with Crippen LogP contribution in [0.15, 0.2) is 36.9 Å². The predicted molar refractivity (Wildman–Crippen MR) is 104 cm³/mol. The normalized spacial score (nSPS) is 24.8. The molecule has 1 aliphatic carbocycles. The number of carbonyl (C=O) groups excluding carboxylic acids is 1. The van der Waals surface area contributed by atoms with Gasteiger partial charge in [-0.2, -0.15) is 15.5 Å². The molecule has 0 radical (unpaired) electrons. The average Bonchev–Trinajstić information content (AvgIpc) is 3.19. The van der Waals surface area contributed by atoms with E-state index in [4.69, 9.17) is 0 Å². The molecule has 5 rings (SSSR count). The molecule has 2 fully saturated rings. The van der Waals surface area contributed by atoms with Crippen molar-refractivity contribution in [1.29, 1.82) is 5.26 Å². The van der Waals surface area contributed by atoms with Gasteiger partial charge in [0.2, 0.25) is 5.91 Å². The minimum Gasteiger partial charge on any atom is -0.309 e. The molecular formula is C21H22N6O. The first-order chi connectivity index (χ1) is 13.6. The lowest BCUT2D eigenvalue weighted by Crippen LogP contribution is -2.37. The number of hydrogen-bond acceptors (Lipinski definition) is 4. The minimum absolute atomic E-state index is 0.0402. The fraction of sp³-hybridized carbons (Fsp3) is 0.429. The molecule has 2 aliphatic rings. The quantitative estimate of drug-likeness (QED) is 0.703. The lowest BCUT2D eigenvalue weighted by Gasteiger charge is -2.24. The van der Waals surface area contributed by atoms with Gasteiger partial charge in [0.25, 0.3) is 0 Å². The summed E-state index contributed by atoms with van der Waals surface area (Å²) in [5.41, 5.74) is 2.83. The fourth-order valence-corrected chi connectivity index (χ4v) is 4.74. The number of hydrogen-bond donors (Lipinski definition) is 0. The monoisotopic (exact) mass is 374 g/mol. The third kappa shape index (κ3) is 2.24. The zero-order valence-corrected chi connectivity index (χ0v) is 16.0. The molecule has 0 N–H and O–H groups in total. The maximum absolute atomic E-state index is 13.5. The molecule has 3 aromatic rings. The van der Waals surface area contributed by atoms with E-state index in [1.165, 1.54) is 0 Å². The Labute approximate surface area is 163 Å². The molecule has 28 heavy (non-hydrogen) atoms. The fourth-order valence-electron chi connectivity index (χ4n) is 4.74. The second-order valence-electron chi connectivity index (χ2n) is 7.95. The van der Waals surface area contributed by atoms with Crippen LogP contribution in [0.3, 0.4) is 0 Å². The SMILES string of the molecule is CC[C@H]1CN(c2ccnn3cc(-c4cnn(C)c4)cc23)C(=O)[C@]1(C#N)C1CC1. The summed E-state index contributed by atoms with van der Waals surface area (Å²) in [6.07, 6.45) is 10.2. The first-order valence-corrected chi connectivity index (χ1v) is 9.78. The standard InChI is InChI=1S/C21H22N6O/c1-3-16-12-26(20(28)21(16,13-22)17-4-5-17)18-6-7-23-27-11-14(8-19(18)27)15-9-24-25(2)10-15/h6-11,16-17H,3-5,12H2,1-2H3/t16-,21-/m0/s1. The van der Waals surface area contributed by atoms with Gasteiger partial charge in [0.1, 0.15) is 5.41 Å². The van der Waals surface area contributed by atoms with Crippen LogP contribution in [0, 0.1) is 28.6 Å². The third-order valence-electron chi connectivity index (χ3n) is 6.36. The smallest absolute Gasteiger partial charge is 0.248 e.